The Morgan fingerprint density at radius 3 is 2.74 bits per heavy atom. The molecule has 1 saturated carbocycles. The maximum Gasteiger partial charge on any atom is 0.267 e. The molecular weight excluding hydrogens is 468 g/mol. The van der Waals surface area contributed by atoms with Crippen LogP contribution in [0.5, 0.6) is 0 Å². The van der Waals surface area contributed by atoms with Crippen LogP contribution in [0.2, 0.25) is 0 Å². The number of aryl methyl sites for hydroxylation is 1. The van der Waals surface area contributed by atoms with E-state index in [4.69, 9.17) is 4.98 Å². The van der Waals surface area contributed by atoms with Crippen molar-refractivity contribution in [2.24, 2.45) is 5.92 Å². The molecule has 0 aliphatic heterocycles. The van der Waals surface area contributed by atoms with E-state index in [0.29, 0.717) is 11.1 Å². The summed E-state index contributed by atoms with van der Waals surface area (Å²) in [6.45, 7) is 2.28. The smallest absolute Gasteiger partial charge is 0.267 e. The number of likely N-dealkylation sites (N-methyl/N-ethyl adjacent to an activating group) is 1. The van der Waals surface area contributed by atoms with Gasteiger partial charge in [0.1, 0.15) is 4.83 Å². The third kappa shape index (κ3) is 4.77. The van der Waals surface area contributed by atoms with Crippen LogP contribution in [0.25, 0.3) is 15.9 Å². The highest BCUT2D eigenvalue weighted by Gasteiger charge is 2.26. The number of benzene rings is 1. The third-order valence-corrected chi connectivity index (χ3v) is 8.46. The Morgan fingerprint density at radius 1 is 1.24 bits per heavy atom. The number of amides is 2. The second-order valence-corrected chi connectivity index (χ2v) is 11.3. The molecule has 2 aliphatic rings. The van der Waals surface area contributed by atoms with Crippen LogP contribution in [0.4, 0.5) is 0 Å². The number of nitrogens with one attached hydrogen (secondary N) is 1. The Labute approximate surface area is 206 Å². The zero-order valence-corrected chi connectivity index (χ0v) is 21.0. The van der Waals surface area contributed by atoms with E-state index in [1.165, 1.54) is 21.5 Å². The van der Waals surface area contributed by atoms with Gasteiger partial charge in [-0.15, -0.1) is 11.3 Å². The summed E-state index contributed by atoms with van der Waals surface area (Å²) in [4.78, 5) is 46.9. The highest BCUT2D eigenvalue weighted by atomic mass is 32.2. The van der Waals surface area contributed by atoms with Gasteiger partial charge in [-0.25, -0.2) is 4.98 Å². The number of carbonyl (C=O) groups excluding carboxylic acids is 2. The summed E-state index contributed by atoms with van der Waals surface area (Å²) in [5, 5.41) is 4.12. The summed E-state index contributed by atoms with van der Waals surface area (Å²) >= 11 is 2.85. The van der Waals surface area contributed by atoms with Gasteiger partial charge in [-0.05, 0) is 55.7 Å². The van der Waals surface area contributed by atoms with Gasteiger partial charge in [-0.1, -0.05) is 36.9 Å². The number of nitrogens with zero attached hydrogens (tertiary/aromatic N) is 3. The van der Waals surface area contributed by atoms with Gasteiger partial charge in [0.05, 0.1) is 23.4 Å². The lowest BCUT2D eigenvalue weighted by molar-refractivity contribution is -0.132. The van der Waals surface area contributed by atoms with Crippen LogP contribution in [0.15, 0.2) is 40.3 Å². The molecule has 3 aromatic rings. The van der Waals surface area contributed by atoms with Gasteiger partial charge in [-0.2, -0.15) is 0 Å². The number of hydrogen-bond donors (Lipinski definition) is 1. The summed E-state index contributed by atoms with van der Waals surface area (Å²) in [5.41, 5.74) is 1.81. The molecule has 0 saturated heterocycles. The first-order valence-electron chi connectivity index (χ1n) is 11.7. The molecule has 2 amide bonds. The number of thiophene rings is 1. The minimum atomic E-state index is -0.177. The fourth-order valence-corrected chi connectivity index (χ4v) is 6.69. The number of carbonyl (C=O) groups is 2. The zero-order valence-electron chi connectivity index (χ0n) is 19.4. The Morgan fingerprint density at radius 2 is 2.00 bits per heavy atom. The highest BCUT2D eigenvalue weighted by Crippen LogP contribution is 2.37. The lowest BCUT2D eigenvalue weighted by Crippen LogP contribution is -2.39. The summed E-state index contributed by atoms with van der Waals surface area (Å²) < 4.78 is 1.63. The number of para-hydroxylation sites is 1. The Hall–Kier alpha value is -2.65. The fraction of sp³-hybridized carbons (Fsp3) is 0.440. The van der Waals surface area contributed by atoms with Gasteiger partial charge >= 0.3 is 0 Å². The first-order valence-corrected chi connectivity index (χ1v) is 13.5. The van der Waals surface area contributed by atoms with Crippen molar-refractivity contribution in [3.8, 4) is 5.69 Å². The van der Waals surface area contributed by atoms with Crippen molar-refractivity contribution in [1.82, 2.24) is 19.8 Å². The molecule has 0 bridgehead atoms. The van der Waals surface area contributed by atoms with Crippen molar-refractivity contribution < 1.29 is 9.59 Å². The van der Waals surface area contributed by atoms with Crippen LogP contribution < -0.4 is 10.9 Å². The average molecular weight is 497 g/mol. The Balaban J connectivity index is 1.44. The van der Waals surface area contributed by atoms with Crippen LogP contribution in [0.1, 0.15) is 36.6 Å². The molecule has 0 radical (unpaired) electrons. The van der Waals surface area contributed by atoms with Crippen molar-refractivity contribution in [2.45, 2.75) is 50.2 Å². The molecule has 1 unspecified atom stereocenters. The SMILES string of the molecule is CC1CCc2c(sc3nc(SCC(=O)N(C)CC(=O)NC4CC4)n(-c4ccccc4)c(=O)c23)C1. The van der Waals surface area contributed by atoms with E-state index in [1.54, 1.807) is 23.0 Å². The zero-order chi connectivity index (χ0) is 23.8. The minimum Gasteiger partial charge on any atom is -0.352 e. The van der Waals surface area contributed by atoms with Crippen LogP contribution in [-0.2, 0) is 22.4 Å². The van der Waals surface area contributed by atoms with Gasteiger partial charge in [0.25, 0.3) is 5.56 Å². The van der Waals surface area contributed by atoms with E-state index < -0.39 is 0 Å². The predicted octanol–water partition coefficient (Wildman–Crippen LogP) is 3.40. The minimum absolute atomic E-state index is 0.0314. The van der Waals surface area contributed by atoms with E-state index in [1.807, 2.05) is 30.3 Å². The molecule has 1 fully saturated rings. The second kappa shape index (κ2) is 9.54. The summed E-state index contributed by atoms with van der Waals surface area (Å²) in [5.74, 6) is 0.392. The molecule has 178 valence electrons. The maximum absolute atomic E-state index is 13.8. The molecule has 2 aliphatic carbocycles. The number of hydrogen-bond acceptors (Lipinski definition) is 6. The number of fused-ring (bicyclic) bond motifs is 3. The monoisotopic (exact) mass is 496 g/mol. The molecule has 2 aromatic heterocycles. The van der Waals surface area contributed by atoms with Crippen LogP contribution in [-0.4, -0.2) is 51.7 Å². The van der Waals surface area contributed by atoms with Crippen LogP contribution >= 0.6 is 23.1 Å². The van der Waals surface area contributed by atoms with Gasteiger partial charge in [0.2, 0.25) is 11.8 Å². The van der Waals surface area contributed by atoms with E-state index >= 15 is 0 Å². The molecule has 5 rings (SSSR count). The van der Waals surface area contributed by atoms with Crippen molar-refractivity contribution in [3.05, 3.63) is 51.1 Å². The molecule has 1 N–H and O–H groups in total. The molecule has 7 nitrogen and oxygen atoms in total. The quantitative estimate of drug-likeness (QED) is 0.400. The highest BCUT2D eigenvalue weighted by molar-refractivity contribution is 7.99. The molecule has 0 spiro atoms. The van der Waals surface area contributed by atoms with E-state index in [0.717, 1.165) is 53.6 Å². The molecule has 9 heteroatoms. The third-order valence-electron chi connectivity index (χ3n) is 6.39. The summed E-state index contributed by atoms with van der Waals surface area (Å²) in [7, 11) is 1.63. The number of rotatable bonds is 7. The van der Waals surface area contributed by atoms with Crippen molar-refractivity contribution in [3.63, 3.8) is 0 Å². The Kier molecular flexibility index (Phi) is 6.48. The van der Waals surface area contributed by atoms with Gasteiger partial charge in [0.15, 0.2) is 5.16 Å². The van der Waals surface area contributed by atoms with Gasteiger partial charge in [-0.3, -0.25) is 19.0 Å². The average Bonchev–Trinajstić information content (AvgIpc) is 3.55. The molecule has 1 aromatic carbocycles. The van der Waals surface area contributed by atoms with E-state index in [9.17, 15) is 14.4 Å². The second-order valence-electron chi connectivity index (χ2n) is 9.28. The molecule has 34 heavy (non-hydrogen) atoms. The van der Waals surface area contributed by atoms with Crippen molar-refractivity contribution in [1.29, 1.82) is 0 Å². The van der Waals surface area contributed by atoms with Crippen molar-refractivity contribution >= 4 is 45.1 Å². The van der Waals surface area contributed by atoms with Crippen LogP contribution in [0, 0.1) is 5.92 Å². The normalized spacial score (nSPS) is 17.4. The number of aromatic nitrogens is 2. The number of thioether (sulfide) groups is 1. The lowest BCUT2D eigenvalue weighted by Gasteiger charge is -2.18. The Bertz CT molecular complexity index is 1300. The van der Waals surface area contributed by atoms with Gasteiger partial charge in [0, 0.05) is 18.0 Å². The first kappa shape index (κ1) is 23.1. The summed E-state index contributed by atoms with van der Waals surface area (Å²) in [6.07, 6.45) is 4.98. The standard InChI is InChI=1S/C25H28N4O3S2/c1-15-8-11-18-19(12-15)34-23-22(18)24(32)29(17-6-4-3-5-7-17)25(27-23)33-14-21(31)28(2)13-20(30)26-16-9-10-16/h3-7,15-16H,8-14H2,1-2H3,(H,26,30). The molecule has 2 heterocycles. The summed E-state index contributed by atoms with van der Waals surface area (Å²) in [6, 6.07) is 9.73. The molecule has 1 atom stereocenters. The van der Waals surface area contributed by atoms with E-state index in [-0.39, 0.29) is 35.7 Å². The predicted molar refractivity (Wildman–Crippen MR) is 136 cm³/mol. The largest absolute Gasteiger partial charge is 0.352 e. The van der Waals surface area contributed by atoms with Crippen molar-refractivity contribution in [2.75, 3.05) is 19.3 Å². The van der Waals surface area contributed by atoms with E-state index in [2.05, 4.69) is 12.2 Å². The topological polar surface area (TPSA) is 84.3 Å². The first-order chi connectivity index (χ1) is 16.4. The van der Waals surface area contributed by atoms with Gasteiger partial charge < -0.3 is 10.2 Å². The van der Waals surface area contributed by atoms with Crippen LogP contribution in [0.3, 0.4) is 0 Å². The maximum atomic E-state index is 13.8. The molecular formula is C25H28N4O3S2. The lowest BCUT2D eigenvalue weighted by atomic mass is 9.89. The fourth-order valence-electron chi connectivity index (χ4n) is 4.31.